The van der Waals surface area contributed by atoms with Crippen LogP contribution in [0.25, 0.3) is 0 Å². The lowest BCUT2D eigenvalue weighted by atomic mass is 9.83. The number of hydrogen-bond donors (Lipinski definition) is 1. The Balaban J connectivity index is 2.04. The van der Waals surface area contributed by atoms with E-state index < -0.39 is 10.5 Å². The summed E-state index contributed by atoms with van der Waals surface area (Å²) in [5, 5.41) is 23.6. The van der Waals surface area contributed by atoms with Gasteiger partial charge in [0.05, 0.1) is 30.4 Å². The minimum Gasteiger partial charge on any atom is -0.369 e. The van der Waals surface area contributed by atoms with Crippen LogP contribution < -0.4 is 4.57 Å². The van der Waals surface area contributed by atoms with Crippen LogP contribution in [0.4, 0.5) is 11.4 Å². The van der Waals surface area contributed by atoms with Crippen LogP contribution >= 0.6 is 0 Å². The van der Waals surface area contributed by atoms with Crippen LogP contribution in [0.15, 0.2) is 102 Å². The van der Waals surface area contributed by atoms with Gasteiger partial charge in [-0.3, -0.25) is 10.1 Å². The quantitative estimate of drug-likeness (QED) is 0.220. The second-order valence-electron chi connectivity index (χ2n) is 7.52. The molecular weight excluding hydrogens is 404 g/mol. The van der Waals surface area contributed by atoms with Gasteiger partial charge in [0.2, 0.25) is 5.60 Å². The molecule has 0 radical (unpaired) electrons. The number of aromatic nitrogens is 2. The number of rotatable bonds is 6. The van der Waals surface area contributed by atoms with E-state index in [9.17, 15) is 15.2 Å². The van der Waals surface area contributed by atoms with Gasteiger partial charge in [0.15, 0.2) is 0 Å². The van der Waals surface area contributed by atoms with Crippen molar-refractivity contribution in [2.75, 3.05) is 0 Å². The topological polar surface area (TPSA) is 84.5 Å². The molecule has 0 aliphatic rings. The molecule has 4 rings (SSSR count). The third kappa shape index (κ3) is 3.81. The zero-order valence-corrected chi connectivity index (χ0v) is 17.8. The molecular formula is C25H23N4O3+. The van der Waals surface area contributed by atoms with E-state index in [2.05, 4.69) is 0 Å². The van der Waals surface area contributed by atoms with Gasteiger partial charge in [-0.25, -0.2) is 14.1 Å². The van der Waals surface area contributed by atoms with Gasteiger partial charge in [-0.1, -0.05) is 48.5 Å². The maximum atomic E-state index is 12.5. The number of nitrogens with zero attached hydrogens (tertiary/aromatic N) is 4. The highest BCUT2D eigenvalue weighted by Crippen LogP contribution is 2.34. The SMILES string of the molecule is Cn1cc[n+](C)c1C(O)(C(=Nc1ccccc1)c1ccc([N+](=O)[O-])cc1)c1ccccc1. The summed E-state index contributed by atoms with van der Waals surface area (Å²) in [5.41, 5.74) is 0.562. The lowest BCUT2D eigenvalue weighted by molar-refractivity contribution is -0.683. The molecule has 0 saturated heterocycles. The van der Waals surface area contributed by atoms with Crippen LogP contribution in [0.1, 0.15) is 17.0 Å². The third-order valence-corrected chi connectivity index (χ3v) is 5.39. The molecule has 3 aromatic carbocycles. The fourth-order valence-corrected chi connectivity index (χ4v) is 3.88. The first kappa shape index (κ1) is 21.1. The summed E-state index contributed by atoms with van der Waals surface area (Å²) in [6.07, 6.45) is 3.72. The average Bonchev–Trinajstić information content (AvgIpc) is 3.16. The molecule has 4 aromatic rings. The van der Waals surface area contributed by atoms with Gasteiger partial charge in [0, 0.05) is 23.3 Å². The van der Waals surface area contributed by atoms with Gasteiger partial charge in [-0.05, 0) is 24.3 Å². The molecule has 0 aliphatic heterocycles. The largest absolute Gasteiger partial charge is 0.369 e. The first-order valence-electron chi connectivity index (χ1n) is 10.1. The number of aliphatic imine (C=N–C) groups is 1. The van der Waals surface area contributed by atoms with Crippen molar-refractivity contribution < 1.29 is 14.6 Å². The first-order chi connectivity index (χ1) is 15.4. The van der Waals surface area contributed by atoms with E-state index in [4.69, 9.17) is 4.99 Å². The van der Waals surface area contributed by atoms with Gasteiger partial charge < -0.3 is 5.11 Å². The third-order valence-electron chi connectivity index (χ3n) is 5.39. The van der Waals surface area contributed by atoms with E-state index in [0.717, 1.165) is 0 Å². The predicted molar refractivity (Wildman–Crippen MR) is 122 cm³/mol. The van der Waals surface area contributed by atoms with Crippen LogP contribution in [-0.4, -0.2) is 20.3 Å². The zero-order chi connectivity index (χ0) is 22.7. The number of para-hydroxylation sites is 1. The summed E-state index contributed by atoms with van der Waals surface area (Å²) < 4.78 is 3.69. The van der Waals surface area contributed by atoms with Gasteiger partial charge in [0.25, 0.3) is 11.5 Å². The van der Waals surface area contributed by atoms with E-state index in [-0.39, 0.29) is 5.69 Å². The van der Waals surface area contributed by atoms with Crippen molar-refractivity contribution >= 4 is 17.1 Å². The second kappa shape index (κ2) is 8.56. The van der Waals surface area contributed by atoms with Crippen LogP contribution in [0.3, 0.4) is 0 Å². The molecule has 1 heterocycles. The molecule has 0 fully saturated rings. The smallest absolute Gasteiger partial charge is 0.299 e. The number of aliphatic hydroxyl groups is 1. The van der Waals surface area contributed by atoms with E-state index in [1.165, 1.54) is 12.1 Å². The minimum absolute atomic E-state index is 0.0273. The Kier molecular flexibility index (Phi) is 5.66. The fourth-order valence-electron chi connectivity index (χ4n) is 3.88. The molecule has 1 aromatic heterocycles. The molecule has 0 amide bonds. The molecule has 0 spiro atoms. The number of aryl methyl sites for hydroxylation is 2. The van der Waals surface area contributed by atoms with Crippen molar-refractivity contribution in [1.82, 2.24) is 4.57 Å². The average molecular weight is 427 g/mol. The highest BCUT2D eigenvalue weighted by Gasteiger charge is 2.47. The van der Waals surface area contributed by atoms with Crippen LogP contribution in [0, 0.1) is 10.1 Å². The van der Waals surface area contributed by atoms with Crippen LogP contribution in [-0.2, 0) is 19.7 Å². The summed E-state index contributed by atoms with van der Waals surface area (Å²) in [5.74, 6) is 0.594. The predicted octanol–water partition coefficient (Wildman–Crippen LogP) is 3.81. The first-order valence-corrected chi connectivity index (χ1v) is 10.1. The van der Waals surface area contributed by atoms with Gasteiger partial charge in [-0.2, -0.15) is 0 Å². The minimum atomic E-state index is -1.64. The van der Waals surface area contributed by atoms with Crippen molar-refractivity contribution in [1.29, 1.82) is 0 Å². The van der Waals surface area contributed by atoms with E-state index in [1.54, 1.807) is 12.1 Å². The standard InChI is InChI=1S/C25H23N4O3/c1-27-17-18-28(2)24(27)25(30,20-9-5-3-6-10-20)23(26-21-11-7-4-8-12-21)19-13-15-22(16-14-19)29(31)32/h3-18,30H,1-2H3/q+1. The van der Waals surface area contributed by atoms with E-state index in [1.807, 2.05) is 96.3 Å². The van der Waals surface area contributed by atoms with Gasteiger partial charge in [0.1, 0.15) is 12.4 Å². The van der Waals surface area contributed by atoms with Crippen molar-refractivity contribution in [3.05, 3.63) is 124 Å². The Bertz CT molecular complexity index is 1250. The summed E-state index contributed by atoms with van der Waals surface area (Å²) in [4.78, 5) is 15.6. The Morgan fingerprint density at radius 1 is 1.00 bits per heavy atom. The Hall–Kier alpha value is -4.10. The molecule has 0 aliphatic carbocycles. The summed E-state index contributed by atoms with van der Waals surface area (Å²) in [6, 6.07) is 24.7. The molecule has 0 saturated carbocycles. The molecule has 32 heavy (non-hydrogen) atoms. The molecule has 1 unspecified atom stereocenters. The van der Waals surface area contributed by atoms with Crippen molar-refractivity contribution in [3.8, 4) is 0 Å². The van der Waals surface area contributed by atoms with Gasteiger partial charge >= 0.3 is 0 Å². The summed E-state index contributed by atoms with van der Waals surface area (Å²) in [7, 11) is 3.72. The molecule has 0 bridgehead atoms. The Morgan fingerprint density at radius 3 is 2.12 bits per heavy atom. The molecule has 1 atom stereocenters. The maximum absolute atomic E-state index is 12.5. The lowest BCUT2D eigenvalue weighted by Gasteiger charge is -2.28. The van der Waals surface area contributed by atoms with Crippen molar-refractivity contribution in [2.24, 2.45) is 19.1 Å². The number of imidazole rings is 1. The molecule has 1 N–H and O–H groups in total. The highest BCUT2D eigenvalue weighted by atomic mass is 16.6. The van der Waals surface area contributed by atoms with E-state index in [0.29, 0.717) is 28.4 Å². The fraction of sp³-hybridized carbons (Fsp3) is 0.120. The van der Waals surface area contributed by atoms with E-state index >= 15 is 0 Å². The highest BCUT2D eigenvalue weighted by molar-refractivity contribution is 6.09. The van der Waals surface area contributed by atoms with Gasteiger partial charge in [-0.15, -0.1) is 0 Å². The summed E-state index contributed by atoms with van der Waals surface area (Å²) in [6.45, 7) is 0. The molecule has 7 heteroatoms. The number of benzene rings is 3. The summed E-state index contributed by atoms with van der Waals surface area (Å²) >= 11 is 0. The van der Waals surface area contributed by atoms with Crippen LogP contribution in [0.5, 0.6) is 0 Å². The number of nitro groups is 1. The normalized spacial score (nSPS) is 13.5. The Labute approximate surface area is 185 Å². The van der Waals surface area contributed by atoms with Crippen LogP contribution in [0.2, 0.25) is 0 Å². The maximum Gasteiger partial charge on any atom is 0.299 e. The zero-order valence-electron chi connectivity index (χ0n) is 17.8. The van der Waals surface area contributed by atoms with Crippen molar-refractivity contribution in [2.45, 2.75) is 5.60 Å². The number of nitro benzene ring substituents is 1. The van der Waals surface area contributed by atoms with Crippen molar-refractivity contribution in [3.63, 3.8) is 0 Å². The second-order valence-corrected chi connectivity index (χ2v) is 7.52. The monoisotopic (exact) mass is 427 g/mol. The molecule has 7 nitrogen and oxygen atoms in total. The Morgan fingerprint density at radius 2 is 1.59 bits per heavy atom. The number of non-ortho nitro benzene ring substituents is 1. The molecule has 160 valence electrons. The number of hydrogen-bond acceptors (Lipinski definition) is 4. The lowest BCUT2D eigenvalue weighted by Crippen LogP contribution is -2.49.